The molecule has 3 heterocycles. The fourth-order valence-electron chi connectivity index (χ4n) is 10.1. The molecule has 8 aromatic carbocycles. The third kappa shape index (κ3) is 9.41. The van der Waals surface area contributed by atoms with E-state index in [4.69, 9.17) is 9.72 Å². The number of anilines is 4. The summed E-state index contributed by atoms with van der Waals surface area (Å²) in [7, 11) is 0. The molecule has 1 aliphatic rings. The number of nitrogens with zero attached hydrogens (tertiary/aromatic N) is 4. The van der Waals surface area contributed by atoms with Crippen molar-refractivity contribution in [2.45, 2.75) is 78.6 Å². The van der Waals surface area contributed by atoms with Gasteiger partial charge in [0.25, 0.3) is 0 Å². The molecule has 0 fully saturated rings. The van der Waals surface area contributed by atoms with Gasteiger partial charge in [0.15, 0.2) is 0 Å². The summed E-state index contributed by atoms with van der Waals surface area (Å²) in [5.74, 6) is 2.02. The van der Waals surface area contributed by atoms with Gasteiger partial charge in [0.2, 0.25) is 0 Å². The molecule has 0 amide bonds. The SMILES string of the molecule is Cc1cc2c(cc1C)N(c1cc(C(C)(C)c3ccccc3)cc(C(C)(C)c3ccccc3)c1)[CH-]N2c1[c-]c(Oc2[c-]c3c(cc2)c2ccccc2n3-c2cc(C(C)(C)C)ccn2)cc(-c2ccccc2)c1.[CH3-].[Pt+4]. The number of hydrogen-bond acceptors (Lipinski definition) is 4. The van der Waals surface area contributed by atoms with Gasteiger partial charge in [0.05, 0.1) is 0 Å². The summed E-state index contributed by atoms with van der Waals surface area (Å²) in [6, 6.07) is 72.8. The van der Waals surface area contributed by atoms with E-state index < -0.39 is 0 Å². The molecule has 5 nitrogen and oxygen atoms in total. The Hall–Kier alpha value is -7.20. The number of pyridine rings is 1. The van der Waals surface area contributed by atoms with Crippen LogP contribution in [-0.2, 0) is 37.3 Å². The third-order valence-electron chi connectivity index (χ3n) is 14.8. The summed E-state index contributed by atoms with van der Waals surface area (Å²) in [4.78, 5) is 9.55. The van der Waals surface area contributed by atoms with Crippen molar-refractivity contribution in [1.82, 2.24) is 9.55 Å². The first-order valence-electron chi connectivity index (χ1n) is 24.7. The van der Waals surface area contributed by atoms with E-state index in [1.54, 1.807) is 0 Å². The molecular formula is C67H62N4OPt. The normalized spacial score (nSPS) is 12.7. The van der Waals surface area contributed by atoms with Crippen LogP contribution in [-0.4, -0.2) is 9.55 Å². The smallest absolute Gasteiger partial charge is 0.509 e. The summed E-state index contributed by atoms with van der Waals surface area (Å²) in [5.41, 5.74) is 16.3. The Bertz CT molecular complexity index is 3540. The molecule has 0 radical (unpaired) electrons. The monoisotopic (exact) mass is 1130 g/mol. The van der Waals surface area contributed by atoms with E-state index >= 15 is 0 Å². The first-order valence-corrected chi connectivity index (χ1v) is 24.7. The molecule has 2 aromatic heterocycles. The van der Waals surface area contributed by atoms with E-state index in [-0.39, 0.29) is 44.7 Å². The zero-order valence-corrected chi connectivity index (χ0v) is 45.8. The quantitative estimate of drug-likeness (QED) is 0.128. The summed E-state index contributed by atoms with van der Waals surface area (Å²) < 4.78 is 9.16. The average Bonchev–Trinajstić information content (AvgIpc) is 3.92. The predicted molar refractivity (Wildman–Crippen MR) is 301 cm³/mol. The van der Waals surface area contributed by atoms with E-state index in [1.807, 2.05) is 12.3 Å². The Morgan fingerprint density at radius 1 is 0.493 bits per heavy atom. The van der Waals surface area contributed by atoms with Gasteiger partial charge in [-0.25, -0.2) is 4.98 Å². The van der Waals surface area contributed by atoms with Crippen molar-refractivity contribution in [2.24, 2.45) is 0 Å². The van der Waals surface area contributed by atoms with Crippen LogP contribution in [0, 0.1) is 40.1 Å². The maximum Gasteiger partial charge on any atom is 4.00 e. The second-order valence-corrected chi connectivity index (χ2v) is 21.2. The van der Waals surface area contributed by atoms with Gasteiger partial charge < -0.3 is 26.5 Å². The maximum absolute atomic E-state index is 6.95. The Kier molecular flexibility index (Phi) is 13.7. The fraction of sp³-hybridized carbons (Fsp3) is 0.179. The second-order valence-electron chi connectivity index (χ2n) is 21.2. The molecular weight excluding hydrogens is 1070 g/mol. The van der Waals surface area contributed by atoms with Crippen LogP contribution in [0.1, 0.15) is 87.4 Å². The van der Waals surface area contributed by atoms with Gasteiger partial charge in [-0.1, -0.05) is 169 Å². The molecule has 10 aromatic rings. The molecule has 0 atom stereocenters. The average molecular weight is 1130 g/mol. The van der Waals surface area contributed by atoms with E-state index in [1.165, 1.54) is 38.9 Å². The van der Waals surface area contributed by atoms with Gasteiger partial charge in [-0.3, -0.25) is 0 Å². The third-order valence-corrected chi connectivity index (χ3v) is 14.8. The number of fused-ring (bicyclic) bond motifs is 4. The van der Waals surface area contributed by atoms with Crippen molar-refractivity contribution in [1.29, 1.82) is 0 Å². The van der Waals surface area contributed by atoms with Crippen molar-refractivity contribution in [2.75, 3.05) is 9.80 Å². The van der Waals surface area contributed by atoms with Crippen LogP contribution in [0.3, 0.4) is 0 Å². The van der Waals surface area contributed by atoms with E-state index in [0.29, 0.717) is 11.5 Å². The first-order chi connectivity index (χ1) is 34.1. The van der Waals surface area contributed by atoms with E-state index in [0.717, 1.165) is 61.5 Å². The van der Waals surface area contributed by atoms with Gasteiger partial charge in [-0.15, -0.1) is 53.6 Å². The zero-order valence-electron chi connectivity index (χ0n) is 43.5. The first kappa shape index (κ1) is 50.7. The van der Waals surface area contributed by atoms with Crippen molar-refractivity contribution >= 4 is 44.6 Å². The van der Waals surface area contributed by atoms with Crippen LogP contribution in [0.25, 0.3) is 38.8 Å². The topological polar surface area (TPSA) is 33.5 Å². The molecule has 0 aliphatic carbocycles. The Morgan fingerprint density at radius 3 is 1.68 bits per heavy atom. The van der Waals surface area contributed by atoms with Crippen molar-refractivity contribution < 1.29 is 25.8 Å². The van der Waals surface area contributed by atoms with E-state index in [2.05, 4.69) is 271 Å². The summed E-state index contributed by atoms with van der Waals surface area (Å²) in [6.45, 7) is 22.7. The van der Waals surface area contributed by atoms with Crippen LogP contribution in [0.2, 0.25) is 0 Å². The second kappa shape index (κ2) is 19.7. The standard InChI is InChI=1S/C66H59N4O.CH3.Pt/c1-44-33-61-62(34-45(44)2)69(54-38-51(65(6,7)48-23-15-11-16-24-48)37-52(39-54)66(8,9)49-25-17-12-18-26-49)43-68(61)53-35-47(46-21-13-10-14-22-46)36-56(41-53)71-55-29-30-58-57-27-19-20-28-59(57)70(60(58)42-55)63-40-50(31-32-67-63)64(3,4)5;;/h10-40,43H,1-9H3;1H3;/q-3;-1;+4. The number of benzene rings is 8. The molecule has 0 N–H and O–H groups in total. The fourth-order valence-corrected chi connectivity index (χ4v) is 10.1. The van der Waals surface area contributed by atoms with Gasteiger partial charge in [0.1, 0.15) is 5.82 Å². The van der Waals surface area contributed by atoms with Crippen LogP contribution < -0.4 is 14.5 Å². The van der Waals surface area contributed by atoms with Crippen molar-refractivity contribution in [3.8, 4) is 28.4 Å². The minimum atomic E-state index is -0.282. The molecule has 366 valence electrons. The molecule has 6 heteroatoms. The van der Waals surface area contributed by atoms with Gasteiger partial charge in [-0.2, -0.15) is 6.07 Å². The number of ether oxygens (including phenoxy) is 1. The molecule has 0 unspecified atom stereocenters. The number of aromatic nitrogens is 2. The molecule has 0 spiro atoms. The van der Waals surface area contributed by atoms with Gasteiger partial charge in [0, 0.05) is 51.1 Å². The molecule has 1 aliphatic heterocycles. The molecule has 11 rings (SSSR count). The number of aryl methyl sites for hydroxylation is 2. The van der Waals surface area contributed by atoms with Crippen LogP contribution in [0.4, 0.5) is 22.7 Å². The minimum absolute atomic E-state index is 0. The molecule has 0 saturated carbocycles. The summed E-state index contributed by atoms with van der Waals surface area (Å²) in [5, 5.41) is 2.22. The van der Waals surface area contributed by atoms with Crippen LogP contribution in [0.5, 0.6) is 11.5 Å². The molecule has 0 saturated heterocycles. The minimum Gasteiger partial charge on any atom is -0.509 e. The van der Waals surface area contributed by atoms with Gasteiger partial charge in [-0.05, 0) is 112 Å². The van der Waals surface area contributed by atoms with Crippen molar-refractivity contribution in [3.63, 3.8) is 0 Å². The number of rotatable bonds is 10. The van der Waals surface area contributed by atoms with Crippen LogP contribution >= 0.6 is 0 Å². The summed E-state index contributed by atoms with van der Waals surface area (Å²) >= 11 is 0. The molecule has 73 heavy (non-hydrogen) atoms. The van der Waals surface area contributed by atoms with Gasteiger partial charge >= 0.3 is 21.1 Å². The Labute approximate surface area is 447 Å². The van der Waals surface area contributed by atoms with E-state index in [9.17, 15) is 0 Å². The Morgan fingerprint density at radius 2 is 1.07 bits per heavy atom. The maximum atomic E-state index is 6.95. The summed E-state index contributed by atoms with van der Waals surface area (Å²) in [6.07, 6.45) is 1.91. The predicted octanol–water partition coefficient (Wildman–Crippen LogP) is 17.7. The Balaban J connectivity index is 0.00000328. The number of hydrogen-bond donors (Lipinski definition) is 0. The van der Waals surface area contributed by atoms with Crippen molar-refractivity contribution in [3.05, 3.63) is 253 Å². The largest absolute Gasteiger partial charge is 4.00 e. The molecule has 0 bridgehead atoms. The van der Waals surface area contributed by atoms with Crippen LogP contribution in [0.15, 0.2) is 188 Å². The zero-order chi connectivity index (χ0) is 49.2. The number of para-hydroxylation sites is 1.